The van der Waals surface area contributed by atoms with E-state index in [1.807, 2.05) is 0 Å². The van der Waals surface area contributed by atoms with E-state index >= 15 is 0 Å². The maximum absolute atomic E-state index is 11.4. The quantitative estimate of drug-likeness (QED) is 0.267. The molecule has 0 radical (unpaired) electrons. The van der Waals surface area contributed by atoms with Crippen LogP contribution in [0.15, 0.2) is 42.6 Å². The van der Waals surface area contributed by atoms with Crippen LogP contribution in [-0.4, -0.2) is 32.3 Å². The van der Waals surface area contributed by atoms with Crippen molar-refractivity contribution >= 4 is 18.0 Å². The number of methoxy groups -OCH3 is 1. The average Bonchev–Trinajstić information content (AvgIpc) is 2.48. The second kappa shape index (κ2) is 8.55. The molecule has 1 aromatic carbocycles. The molecule has 0 aliphatic rings. The third-order valence-electron chi connectivity index (χ3n) is 2.31. The molecule has 0 atom stereocenters. The van der Waals surface area contributed by atoms with Gasteiger partial charge in [0.1, 0.15) is 18.1 Å². The lowest BCUT2D eigenvalue weighted by Crippen LogP contribution is -2.15. The zero-order valence-electron chi connectivity index (χ0n) is 11.7. The second-order valence-electron chi connectivity index (χ2n) is 3.94. The minimum Gasteiger partial charge on any atom is -0.464 e. The standard InChI is InChI=1S/C15H17NO5/c1-3-8-20-10-14(17)21-12-6-4-11(5-7-12)9-13(16)15(18)19-2/h3-7,9H,1,8,10,16H2,2H3. The molecule has 0 fully saturated rings. The molecule has 0 aromatic heterocycles. The van der Waals surface area contributed by atoms with Gasteiger partial charge in [-0.2, -0.15) is 0 Å². The lowest BCUT2D eigenvalue weighted by atomic mass is 10.2. The number of esters is 2. The van der Waals surface area contributed by atoms with Crippen molar-refractivity contribution in [3.63, 3.8) is 0 Å². The van der Waals surface area contributed by atoms with E-state index < -0.39 is 11.9 Å². The molecule has 0 aliphatic heterocycles. The van der Waals surface area contributed by atoms with E-state index in [0.717, 1.165) is 0 Å². The lowest BCUT2D eigenvalue weighted by molar-refractivity contribution is -0.139. The summed E-state index contributed by atoms with van der Waals surface area (Å²) in [5.74, 6) is -0.741. The highest BCUT2D eigenvalue weighted by molar-refractivity contribution is 5.92. The molecule has 6 heteroatoms. The van der Waals surface area contributed by atoms with Crippen LogP contribution in [0, 0.1) is 0 Å². The van der Waals surface area contributed by atoms with Gasteiger partial charge < -0.3 is 19.9 Å². The Balaban J connectivity index is 2.60. The minimum absolute atomic E-state index is 0.0138. The van der Waals surface area contributed by atoms with Crippen LogP contribution in [0.2, 0.25) is 0 Å². The predicted octanol–water partition coefficient (Wildman–Crippen LogP) is 1.27. The number of carbonyl (C=O) groups excluding carboxylic acids is 2. The third kappa shape index (κ3) is 5.92. The molecular weight excluding hydrogens is 274 g/mol. The Morgan fingerprint density at radius 1 is 1.29 bits per heavy atom. The van der Waals surface area contributed by atoms with Crippen molar-refractivity contribution in [2.75, 3.05) is 20.3 Å². The van der Waals surface area contributed by atoms with E-state index in [4.69, 9.17) is 15.2 Å². The van der Waals surface area contributed by atoms with Crippen LogP contribution in [0.4, 0.5) is 0 Å². The summed E-state index contributed by atoms with van der Waals surface area (Å²) >= 11 is 0. The monoisotopic (exact) mass is 291 g/mol. The Morgan fingerprint density at radius 3 is 2.52 bits per heavy atom. The summed E-state index contributed by atoms with van der Waals surface area (Å²) in [5.41, 5.74) is 6.19. The number of hydrogen-bond acceptors (Lipinski definition) is 6. The van der Waals surface area contributed by atoms with Gasteiger partial charge in [-0.1, -0.05) is 18.2 Å². The van der Waals surface area contributed by atoms with E-state index in [1.54, 1.807) is 30.3 Å². The van der Waals surface area contributed by atoms with Crippen LogP contribution in [-0.2, 0) is 19.1 Å². The van der Waals surface area contributed by atoms with Crippen molar-refractivity contribution < 1.29 is 23.8 Å². The topological polar surface area (TPSA) is 87.9 Å². The minimum atomic E-state index is -0.607. The Bertz CT molecular complexity index is 533. The summed E-state index contributed by atoms with van der Waals surface area (Å²) in [6.07, 6.45) is 3.00. The molecule has 0 saturated heterocycles. The maximum atomic E-state index is 11.4. The van der Waals surface area contributed by atoms with Crippen molar-refractivity contribution in [1.82, 2.24) is 0 Å². The number of rotatable bonds is 7. The summed E-state index contributed by atoms with van der Waals surface area (Å²) in [4.78, 5) is 22.6. The Morgan fingerprint density at radius 2 is 1.95 bits per heavy atom. The molecule has 2 N–H and O–H groups in total. The SMILES string of the molecule is C=CCOCC(=O)Oc1ccc(C=C(N)C(=O)OC)cc1. The molecule has 1 rings (SSSR count). The van der Waals surface area contributed by atoms with Gasteiger partial charge in [0.05, 0.1) is 13.7 Å². The van der Waals surface area contributed by atoms with Gasteiger partial charge in [-0.25, -0.2) is 9.59 Å². The van der Waals surface area contributed by atoms with E-state index in [-0.39, 0.29) is 18.9 Å². The summed E-state index contributed by atoms with van der Waals surface area (Å²) in [5, 5.41) is 0. The van der Waals surface area contributed by atoms with Crippen molar-refractivity contribution in [2.45, 2.75) is 0 Å². The number of benzene rings is 1. The van der Waals surface area contributed by atoms with Crippen LogP contribution < -0.4 is 10.5 Å². The van der Waals surface area contributed by atoms with Crippen LogP contribution in [0.5, 0.6) is 5.75 Å². The molecule has 0 aliphatic carbocycles. The molecule has 0 unspecified atom stereocenters. The van der Waals surface area contributed by atoms with Crippen LogP contribution in [0.25, 0.3) is 6.08 Å². The highest BCUT2D eigenvalue weighted by Crippen LogP contribution is 2.14. The predicted molar refractivity (Wildman–Crippen MR) is 77.3 cm³/mol. The van der Waals surface area contributed by atoms with Crippen molar-refractivity contribution in [3.05, 3.63) is 48.2 Å². The van der Waals surface area contributed by atoms with Gasteiger partial charge in [-0.15, -0.1) is 6.58 Å². The fourth-order valence-electron chi connectivity index (χ4n) is 1.37. The van der Waals surface area contributed by atoms with Crippen molar-refractivity contribution in [2.24, 2.45) is 5.73 Å². The van der Waals surface area contributed by atoms with Crippen molar-refractivity contribution in [1.29, 1.82) is 0 Å². The van der Waals surface area contributed by atoms with Crippen molar-refractivity contribution in [3.8, 4) is 5.75 Å². The van der Waals surface area contributed by atoms with Crippen LogP contribution in [0.3, 0.4) is 0 Å². The summed E-state index contributed by atoms with van der Waals surface area (Å²) in [7, 11) is 1.25. The normalized spacial score (nSPS) is 10.8. The number of carbonyl (C=O) groups is 2. The molecule has 0 heterocycles. The fourth-order valence-corrected chi connectivity index (χ4v) is 1.37. The smallest absolute Gasteiger partial charge is 0.353 e. The molecule has 21 heavy (non-hydrogen) atoms. The van der Waals surface area contributed by atoms with Gasteiger partial charge in [0.15, 0.2) is 0 Å². The first-order chi connectivity index (χ1) is 10.1. The van der Waals surface area contributed by atoms with Gasteiger partial charge >= 0.3 is 11.9 Å². The zero-order chi connectivity index (χ0) is 15.7. The Labute approximate surface area is 122 Å². The lowest BCUT2D eigenvalue weighted by Gasteiger charge is -2.05. The molecule has 6 nitrogen and oxygen atoms in total. The summed E-state index contributed by atoms with van der Waals surface area (Å²) < 4.78 is 14.5. The highest BCUT2D eigenvalue weighted by Gasteiger charge is 2.06. The first-order valence-corrected chi connectivity index (χ1v) is 6.11. The van der Waals surface area contributed by atoms with Gasteiger partial charge in [-0.05, 0) is 23.8 Å². The first kappa shape index (κ1) is 16.5. The molecule has 0 spiro atoms. The summed E-state index contributed by atoms with van der Waals surface area (Å²) in [6, 6.07) is 6.48. The average molecular weight is 291 g/mol. The molecule has 0 bridgehead atoms. The molecule has 112 valence electrons. The Hall–Kier alpha value is -2.60. The maximum Gasteiger partial charge on any atom is 0.353 e. The molecule has 0 saturated carbocycles. The van der Waals surface area contributed by atoms with Gasteiger partial charge in [0.25, 0.3) is 0 Å². The largest absolute Gasteiger partial charge is 0.464 e. The van der Waals surface area contributed by atoms with Gasteiger partial charge in [-0.3, -0.25) is 0 Å². The number of nitrogens with two attached hydrogens (primary N) is 1. The van der Waals surface area contributed by atoms with Gasteiger partial charge in [0.2, 0.25) is 0 Å². The molecule has 1 aromatic rings. The van der Waals surface area contributed by atoms with E-state index in [2.05, 4.69) is 11.3 Å². The van der Waals surface area contributed by atoms with E-state index in [1.165, 1.54) is 13.2 Å². The van der Waals surface area contributed by atoms with Gasteiger partial charge in [0, 0.05) is 0 Å². The molecule has 0 amide bonds. The zero-order valence-corrected chi connectivity index (χ0v) is 11.7. The summed E-state index contributed by atoms with van der Waals surface area (Å²) in [6.45, 7) is 3.60. The number of hydrogen-bond donors (Lipinski definition) is 1. The highest BCUT2D eigenvalue weighted by atomic mass is 16.6. The second-order valence-corrected chi connectivity index (χ2v) is 3.94. The first-order valence-electron chi connectivity index (χ1n) is 6.11. The van der Waals surface area contributed by atoms with Crippen LogP contribution in [0.1, 0.15) is 5.56 Å². The molecular formula is C15H17NO5. The van der Waals surface area contributed by atoms with E-state index in [0.29, 0.717) is 11.3 Å². The fraction of sp³-hybridized carbons (Fsp3) is 0.200. The van der Waals surface area contributed by atoms with Crippen LogP contribution >= 0.6 is 0 Å². The van der Waals surface area contributed by atoms with E-state index in [9.17, 15) is 9.59 Å². The number of ether oxygens (including phenoxy) is 3. The third-order valence-corrected chi connectivity index (χ3v) is 2.31. The Kier molecular flexibility index (Phi) is 6.70.